The van der Waals surface area contributed by atoms with Gasteiger partial charge in [-0.3, -0.25) is 0 Å². The molecular weight excluding hydrogens is 202 g/mol. The molecular formula is C10H14ClNO2. The van der Waals surface area contributed by atoms with Gasteiger partial charge < -0.3 is 15.2 Å². The van der Waals surface area contributed by atoms with Gasteiger partial charge in [0.25, 0.3) is 0 Å². The lowest BCUT2D eigenvalue weighted by atomic mass is 10.2. The Hall–Kier alpha value is -0.930. The molecule has 0 aliphatic heterocycles. The summed E-state index contributed by atoms with van der Waals surface area (Å²) < 4.78 is 10.3. The molecule has 0 atom stereocenters. The van der Waals surface area contributed by atoms with E-state index in [1.807, 2.05) is 6.92 Å². The van der Waals surface area contributed by atoms with Crippen LogP contribution in [-0.2, 0) is 4.74 Å². The van der Waals surface area contributed by atoms with Crippen molar-refractivity contribution in [3.05, 3.63) is 22.7 Å². The van der Waals surface area contributed by atoms with Gasteiger partial charge in [0.2, 0.25) is 0 Å². The topological polar surface area (TPSA) is 44.5 Å². The lowest BCUT2D eigenvalue weighted by Crippen LogP contribution is -2.05. The van der Waals surface area contributed by atoms with Gasteiger partial charge in [-0.15, -0.1) is 0 Å². The molecule has 0 spiro atoms. The molecule has 0 heterocycles. The second-order valence-corrected chi connectivity index (χ2v) is 3.39. The molecule has 0 saturated carbocycles. The minimum Gasteiger partial charge on any atom is -0.491 e. The molecule has 0 aromatic heterocycles. The Kier molecular flexibility index (Phi) is 4.04. The largest absolute Gasteiger partial charge is 0.491 e. The standard InChI is InChI=1S/C10H14ClNO2/c1-7-5-9(12)8(11)6-10(7)14-4-3-13-2/h5-6H,3-4,12H2,1-2H3. The number of anilines is 1. The van der Waals surface area contributed by atoms with E-state index < -0.39 is 0 Å². The van der Waals surface area contributed by atoms with Crippen molar-refractivity contribution in [1.29, 1.82) is 0 Å². The highest BCUT2D eigenvalue weighted by atomic mass is 35.5. The van der Waals surface area contributed by atoms with Crippen LogP contribution in [0.25, 0.3) is 0 Å². The maximum Gasteiger partial charge on any atom is 0.123 e. The van der Waals surface area contributed by atoms with Crippen molar-refractivity contribution < 1.29 is 9.47 Å². The first kappa shape index (κ1) is 11.1. The van der Waals surface area contributed by atoms with Gasteiger partial charge in [0.05, 0.1) is 17.3 Å². The Bertz CT molecular complexity index is 315. The van der Waals surface area contributed by atoms with E-state index >= 15 is 0 Å². The molecule has 0 aliphatic rings. The zero-order chi connectivity index (χ0) is 10.6. The minimum absolute atomic E-state index is 0.511. The second kappa shape index (κ2) is 5.08. The molecule has 0 saturated heterocycles. The fourth-order valence-electron chi connectivity index (χ4n) is 1.08. The molecule has 0 unspecified atom stereocenters. The van der Waals surface area contributed by atoms with E-state index in [-0.39, 0.29) is 0 Å². The van der Waals surface area contributed by atoms with E-state index in [2.05, 4.69) is 0 Å². The van der Waals surface area contributed by atoms with Crippen molar-refractivity contribution in [1.82, 2.24) is 0 Å². The first-order chi connectivity index (χ1) is 6.65. The van der Waals surface area contributed by atoms with E-state index in [1.54, 1.807) is 19.2 Å². The summed E-state index contributed by atoms with van der Waals surface area (Å²) in [7, 11) is 1.63. The van der Waals surface area contributed by atoms with Gasteiger partial charge in [-0.25, -0.2) is 0 Å². The summed E-state index contributed by atoms with van der Waals surface area (Å²) in [5, 5.41) is 0.517. The first-order valence-electron chi connectivity index (χ1n) is 4.32. The molecule has 78 valence electrons. The number of rotatable bonds is 4. The van der Waals surface area contributed by atoms with Crippen molar-refractivity contribution in [3.63, 3.8) is 0 Å². The zero-order valence-electron chi connectivity index (χ0n) is 8.34. The highest BCUT2D eigenvalue weighted by Gasteiger charge is 2.04. The van der Waals surface area contributed by atoms with Crippen molar-refractivity contribution in [3.8, 4) is 5.75 Å². The van der Waals surface area contributed by atoms with Gasteiger partial charge in [-0.1, -0.05) is 11.6 Å². The van der Waals surface area contributed by atoms with Crippen LogP contribution in [0, 0.1) is 6.92 Å². The number of aryl methyl sites for hydroxylation is 1. The predicted octanol–water partition coefficient (Wildman–Crippen LogP) is 2.26. The monoisotopic (exact) mass is 215 g/mol. The van der Waals surface area contributed by atoms with Gasteiger partial charge in [0, 0.05) is 13.2 Å². The van der Waals surface area contributed by atoms with Crippen LogP contribution in [0.1, 0.15) is 5.56 Å². The third-order valence-electron chi connectivity index (χ3n) is 1.84. The zero-order valence-corrected chi connectivity index (χ0v) is 9.10. The van der Waals surface area contributed by atoms with E-state index in [0.29, 0.717) is 23.9 Å². The summed E-state index contributed by atoms with van der Waals surface area (Å²) in [6.45, 7) is 2.99. The summed E-state index contributed by atoms with van der Waals surface area (Å²) in [4.78, 5) is 0. The summed E-state index contributed by atoms with van der Waals surface area (Å²) in [6, 6.07) is 3.52. The van der Waals surface area contributed by atoms with Crippen LogP contribution in [-0.4, -0.2) is 20.3 Å². The van der Waals surface area contributed by atoms with Crippen molar-refractivity contribution >= 4 is 17.3 Å². The number of methoxy groups -OCH3 is 1. The Labute approximate surface area is 88.8 Å². The lowest BCUT2D eigenvalue weighted by Gasteiger charge is -2.10. The van der Waals surface area contributed by atoms with Crippen molar-refractivity contribution in [2.75, 3.05) is 26.1 Å². The van der Waals surface area contributed by atoms with Crippen molar-refractivity contribution in [2.45, 2.75) is 6.92 Å². The summed E-state index contributed by atoms with van der Waals surface area (Å²) in [5.74, 6) is 0.751. The molecule has 1 aromatic carbocycles. The number of nitrogen functional groups attached to an aromatic ring is 1. The average Bonchev–Trinajstić information content (AvgIpc) is 2.14. The van der Waals surface area contributed by atoms with E-state index in [9.17, 15) is 0 Å². The Balaban J connectivity index is 2.72. The normalized spacial score (nSPS) is 10.2. The SMILES string of the molecule is COCCOc1cc(Cl)c(N)cc1C. The number of ether oxygens (including phenoxy) is 2. The van der Waals surface area contributed by atoms with Crippen molar-refractivity contribution in [2.24, 2.45) is 0 Å². The fraction of sp³-hybridized carbons (Fsp3) is 0.400. The molecule has 1 aromatic rings. The van der Waals surface area contributed by atoms with Crippen LogP contribution < -0.4 is 10.5 Å². The van der Waals surface area contributed by atoms with Crippen LogP contribution in [0.2, 0.25) is 5.02 Å². The predicted molar refractivity (Wildman–Crippen MR) is 58.0 cm³/mol. The van der Waals surface area contributed by atoms with Crippen LogP contribution in [0.4, 0.5) is 5.69 Å². The molecule has 0 fully saturated rings. The number of nitrogens with two attached hydrogens (primary N) is 1. The van der Waals surface area contributed by atoms with E-state index in [1.165, 1.54) is 0 Å². The first-order valence-corrected chi connectivity index (χ1v) is 4.70. The second-order valence-electron chi connectivity index (χ2n) is 2.98. The maximum absolute atomic E-state index is 5.86. The molecule has 14 heavy (non-hydrogen) atoms. The van der Waals surface area contributed by atoms with Gasteiger partial charge in [0.1, 0.15) is 12.4 Å². The number of halogens is 1. The van der Waals surface area contributed by atoms with Crippen LogP contribution in [0.3, 0.4) is 0 Å². The Morgan fingerprint density at radius 1 is 1.36 bits per heavy atom. The van der Waals surface area contributed by atoms with Gasteiger partial charge in [-0.05, 0) is 18.6 Å². The van der Waals surface area contributed by atoms with Gasteiger partial charge >= 0.3 is 0 Å². The molecule has 0 bridgehead atoms. The molecule has 0 amide bonds. The quantitative estimate of drug-likeness (QED) is 0.619. The van der Waals surface area contributed by atoms with Crippen LogP contribution in [0.5, 0.6) is 5.75 Å². The Morgan fingerprint density at radius 3 is 2.71 bits per heavy atom. The lowest BCUT2D eigenvalue weighted by molar-refractivity contribution is 0.146. The number of hydrogen-bond acceptors (Lipinski definition) is 3. The number of hydrogen-bond donors (Lipinski definition) is 1. The molecule has 3 nitrogen and oxygen atoms in total. The molecule has 0 radical (unpaired) electrons. The van der Waals surface area contributed by atoms with Crippen LogP contribution in [0.15, 0.2) is 12.1 Å². The summed E-state index contributed by atoms with van der Waals surface area (Å²) >= 11 is 5.86. The smallest absolute Gasteiger partial charge is 0.123 e. The molecule has 0 aliphatic carbocycles. The maximum atomic E-state index is 5.86. The highest BCUT2D eigenvalue weighted by molar-refractivity contribution is 6.33. The van der Waals surface area contributed by atoms with E-state index in [4.69, 9.17) is 26.8 Å². The molecule has 4 heteroatoms. The van der Waals surface area contributed by atoms with E-state index in [0.717, 1.165) is 11.3 Å². The van der Waals surface area contributed by atoms with Crippen LogP contribution >= 0.6 is 11.6 Å². The summed E-state index contributed by atoms with van der Waals surface area (Å²) in [5.41, 5.74) is 7.18. The molecule has 2 N–H and O–H groups in total. The van der Waals surface area contributed by atoms with Gasteiger partial charge in [-0.2, -0.15) is 0 Å². The van der Waals surface area contributed by atoms with Gasteiger partial charge in [0.15, 0.2) is 0 Å². The number of benzene rings is 1. The minimum atomic E-state index is 0.511. The third-order valence-corrected chi connectivity index (χ3v) is 2.17. The third kappa shape index (κ3) is 2.79. The highest BCUT2D eigenvalue weighted by Crippen LogP contribution is 2.28. The fourth-order valence-corrected chi connectivity index (χ4v) is 1.23. The summed E-state index contributed by atoms with van der Waals surface area (Å²) in [6.07, 6.45) is 0. The average molecular weight is 216 g/mol. The molecule has 1 rings (SSSR count). The Morgan fingerprint density at radius 2 is 2.07 bits per heavy atom.